The highest BCUT2D eigenvalue weighted by Crippen LogP contribution is 2.17. The molecule has 0 aliphatic carbocycles. The number of H-pyrrole nitrogens is 1. The van der Waals surface area contributed by atoms with Crippen molar-refractivity contribution >= 4 is 27.7 Å². The first-order chi connectivity index (χ1) is 10.1. The Kier molecular flexibility index (Phi) is 5.16. The topological polar surface area (TPSA) is 74.0 Å². The van der Waals surface area contributed by atoms with E-state index in [2.05, 4.69) is 31.8 Å². The number of aromatic nitrogens is 1. The number of rotatable bonds is 4. The highest BCUT2D eigenvalue weighted by molar-refractivity contribution is 9.10. The normalized spacial score (nSPS) is 11.7. The predicted molar refractivity (Wildman–Crippen MR) is 83.6 cm³/mol. The van der Waals surface area contributed by atoms with Gasteiger partial charge in [-0.25, -0.2) is 0 Å². The Morgan fingerprint density at radius 1 is 1.24 bits per heavy atom. The number of carbonyl (C=O) groups excluding carboxylic acids is 2. The molecular formula is C15H16BrN3O2. The van der Waals surface area contributed by atoms with Crippen LogP contribution in [0.25, 0.3) is 0 Å². The van der Waals surface area contributed by atoms with Gasteiger partial charge in [0.15, 0.2) is 0 Å². The van der Waals surface area contributed by atoms with Crippen LogP contribution >= 0.6 is 15.9 Å². The molecule has 1 aromatic heterocycles. The average Bonchev–Trinajstić information content (AvgIpc) is 2.92. The molecule has 0 fully saturated rings. The van der Waals surface area contributed by atoms with Crippen molar-refractivity contribution in [3.05, 3.63) is 58.3 Å². The molecule has 3 N–H and O–H groups in total. The van der Waals surface area contributed by atoms with Crippen molar-refractivity contribution in [1.29, 1.82) is 0 Å². The lowest BCUT2D eigenvalue weighted by Gasteiger charge is -2.12. The largest absolute Gasteiger partial charge is 0.356 e. The lowest BCUT2D eigenvalue weighted by molar-refractivity contribution is -0.122. The summed E-state index contributed by atoms with van der Waals surface area (Å²) >= 11 is 3.24. The maximum absolute atomic E-state index is 11.8. The summed E-state index contributed by atoms with van der Waals surface area (Å²) in [5, 5.41) is 0. The molecule has 2 rings (SSSR count). The maximum atomic E-state index is 11.8. The quantitative estimate of drug-likeness (QED) is 0.742. The van der Waals surface area contributed by atoms with Gasteiger partial charge in [0, 0.05) is 17.1 Å². The molecule has 0 aliphatic heterocycles. The fraction of sp³-hybridized carbons (Fsp3) is 0.200. The molecule has 1 aromatic carbocycles. The van der Waals surface area contributed by atoms with Gasteiger partial charge in [0.1, 0.15) is 5.69 Å². The van der Waals surface area contributed by atoms with Gasteiger partial charge in [-0.15, -0.1) is 0 Å². The van der Waals surface area contributed by atoms with Gasteiger partial charge in [0.05, 0.1) is 0 Å². The van der Waals surface area contributed by atoms with E-state index in [9.17, 15) is 9.59 Å². The number of hydrogen-bond acceptors (Lipinski definition) is 2. The van der Waals surface area contributed by atoms with Crippen LogP contribution in [0.3, 0.4) is 0 Å². The van der Waals surface area contributed by atoms with E-state index in [0.29, 0.717) is 12.1 Å². The molecule has 1 atom stereocenters. The van der Waals surface area contributed by atoms with Crippen LogP contribution in [0, 0.1) is 0 Å². The third kappa shape index (κ3) is 4.46. The van der Waals surface area contributed by atoms with Crippen LogP contribution in [0.5, 0.6) is 0 Å². The highest BCUT2D eigenvalue weighted by atomic mass is 79.9. The summed E-state index contributed by atoms with van der Waals surface area (Å²) in [6, 6.07) is 11.4. The predicted octanol–water partition coefficient (Wildman–Crippen LogP) is 2.73. The van der Waals surface area contributed by atoms with E-state index >= 15 is 0 Å². The smallest absolute Gasteiger partial charge is 0.286 e. The van der Waals surface area contributed by atoms with Crippen molar-refractivity contribution in [1.82, 2.24) is 15.8 Å². The van der Waals surface area contributed by atoms with Crippen molar-refractivity contribution in [3.63, 3.8) is 0 Å². The Labute approximate surface area is 131 Å². The minimum absolute atomic E-state index is 0.0859. The van der Waals surface area contributed by atoms with Crippen LogP contribution in [0.2, 0.25) is 0 Å². The molecule has 0 spiro atoms. The number of halogens is 1. The van der Waals surface area contributed by atoms with Crippen LogP contribution in [0.15, 0.2) is 47.1 Å². The number of amides is 2. The van der Waals surface area contributed by atoms with Gasteiger partial charge in [-0.1, -0.05) is 37.3 Å². The Morgan fingerprint density at radius 2 is 1.95 bits per heavy atom. The minimum atomic E-state index is -0.388. The Balaban J connectivity index is 1.81. The van der Waals surface area contributed by atoms with E-state index in [1.807, 2.05) is 37.3 Å². The second-order valence-electron chi connectivity index (χ2n) is 4.75. The molecular weight excluding hydrogens is 334 g/mol. The number of hydrogen-bond donors (Lipinski definition) is 3. The summed E-state index contributed by atoms with van der Waals surface area (Å²) in [6.45, 7) is 1.97. The van der Waals surface area contributed by atoms with Crippen LogP contribution in [0.4, 0.5) is 0 Å². The molecule has 0 bridgehead atoms. The molecule has 5 nitrogen and oxygen atoms in total. The van der Waals surface area contributed by atoms with Crippen molar-refractivity contribution < 1.29 is 9.59 Å². The molecule has 1 heterocycles. The molecule has 110 valence electrons. The van der Waals surface area contributed by atoms with Gasteiger partial charge in [-0.3, -0.25) is 20.4 Å². The van der Waals surface area contributed by atoms with Gasteiger partial charge < -0.3 is 4.98 Å². The van der Waals surface area contributed by atoms with Crippen LogP contribution in [-0.4, -0.2) is 16.8 Å². The third-order valence-corrected chi connectivity index (χ3v) is 3.53. The zero-order chi connectivity index (χ0) is 15.2. The van der Waals surface area contributed by atoms with Crippen molar-refractivity contribution in [2.45, 2.75) is 19.3 Å². The summed E-state index contributed by atoms with van der Waals surface area (Å²) < 4.78 is 0.775. The van der Waals surface area contributed by atoms with E-state index in [-0.39, 0.29) is 17.7 Å². The van der Waals surface area contributed by atoms with E-state index < -0.39 is 0 Å². The number of nitrogens with one attached hydrogen (secondary N) is 3. The van der Waals surface area contributed by atoms with Crippen LogP contribution in [0.1, 0.15) is 35.3 Å². The Morgan fingerprint density at radius 3 is 2.57 bits per heavy atom. The Hall–Kier alpha value is -2.08. The zero-order valence-electron chi connectivity index (χ0n) is 11.5. The second kappa shape index (κ2) is 7.08. The lowest BCUT2D eigenvalue weighted by atomic mass is 9.98. The van der Waals surface area contributed by atoms with Crippen LogP contribution in [-0.2, 0) is 4.79 Å². The average molecular weight is 350 g/mol. The maximum Gasteiger partial charge on any atom is 0.286 e. The monoisotopic (exact) mass is 349 g/mol. The van der Waals surface area contributed by atoms with Gasteiger partial charge in [-0.05, 0) is 33.5 Å². The molecule has 6 heteroatoms. The molecule has 0 aliphatic rings. The van der Waals surface area contributed by atoms with E-state index in [1.165, 1.54) is 0 Å². The van der Waals surface area contributed by atoms with Gasteiger partial charge >= 0.3 is 0 Å². The Bertz CT molecular complexity index is 625. The van der Waals surface area contributed by atoms with Crippen molar-refractivity contribution in [3.8, 4) is 0 Å². The lowest BCUT2D eigenvalue weighted by Crippen LogP contribution is -2.42. The zero-order valence-corrected chi connectivity index (χ0v) is 13.1. The summed E-state index contributed by atoms with van der Waals surface area (Å²) in [6.07, 6.45) is 1.95. The number of benzene rings is 1. The first-order valence-corrected chi connectivity index (χ1v) is 7.33. The van der Waals surface area contributed by atoms with Gasteiger partial charge in [0.25, 0.3) is 5.91 Å². The standard InChI is InChI=1S/C15H16BrN3O2/c1-10(11-5-3-2-4-6-11)7-14(20)18-19-15(21)13-8-12(16)9-17-13/h2-6,8-10,17H,7H2,1H3,(H,18,20)(H,19,21). The molecule has 0 radical (unpaired) electrons. The molecule has 1 unspecified atom stereocenters. The summed E-state index contributed by atoms with van der Waals surface area (Å²) in [7, 11) is 0. The first-order valence-electron chi connectivity index (χ1n) is 6.54. The first kappa shape index (κ1) is 15.3. The fourth-order valence-electron chi connectivity index (χ4n) is 1.92. The fourth-order valence-corrected chi connectivity index (χ4v) is 2.26. The minimum Gasteiger partial charge on any atom is -0.356 e. The summed E-state index contributed by atoms with van der Waals surface area (Å²) in [5.41, 5.74) is 6.26. The van der Waals surface area contributed by atoms with Crippen molar-refractivity contribution in [2.24, 2.45) is 0 Å². The van der Waals surface area contributed by atoms with Gasteiger partial charge in [0.2, 0.25) is 5.91 Å². The highest BCUT2D eigenvalue weighted by Gasteiger charge is 2.13. The van der Waals surface area contributed by atoms with E-state index in [1.54, 1.807) is 12.3 Å². The molecule has 2 amide bonds. The van der Waals surface area contributed by atoms with Gasteiger partial charge in [-0.2, -0.15) is 0 Å². The van der Waals surface area contributed by atoms with Crippen molar-refractivity contribution in [2.75, 3.05) is 0 Å². The third-order valence-electron chi connectivity index (χ3n) is 3.07. The van der Waals surface area contributed by atoms with E-state index in [0.717, 1.165) is 10.0 Å². The summed E-state index contributed by atoms with van der Waals surface area (Å²) in [4.78, 5) is 26.3. The van der Waals surface area contributed by atoms with E-state index in [4.69, 9.17) is 0 Å². The number of carbonyl (C=O) groups is 2. The molecule has 2 aromatic rings. The SMILES string of the molecule is CC(CC(=O)NNC(=O)c1cc(Br)c[nH]1)c1ccccc1. The number of hydrazine groups is 1. The molecule has 0 saturated heterocycles. The summed E-state index contributed by atoms with van der Waals surface area (Å²) in [5.74, 6) is -0.533. The number of aromatic amines is 1. The van der Waals surface area contributed by atoms with Crippen LogP contribution < -0.4 is 10.9 Å². The molecule has 21 heavy (non-hydrogen) atoms. The second-order valence-corrected chi connectivity index (χ2v) is 5.67. The molecule has 0 saturated carbocycles.